The van der Waals surface area contributed by atoms with Crippen LogP contribution in [-0.4, -0.2) is 25.8 Å². The predicted molar refractivity (Wildman–Crippen MR) is 71.0 cm³/mol. The maximum absolute atomic E-state index is 10.1. The Morgan fingerprint density at radius 1 is 1.29 bits per heavy atom. The van der Waals surface area contributed by atoms with Crippen molar-refractivity contribution in [3.8, 4) is 11.5 Å². The van der Waals surface area contributed by atoms with Crippen molar-refractivity contribution < 1.29 is 9.84 Å². The van der Waals surface area contributed by atoms with E-state index in [-0.39, 0.29) is 5.41 Å². The second kappa shape index (κ2) is 5.41. The van der Waals surface area contributed by atoms with Gasteiger partial charge in [0.05, 0.1) is 7.11 Å². The molecule has 0 bridgehead atoms. The first-order valence-corrected chi connectivity index (χ1v) is 5.95. The molecule has 0 saturated carbocycles. The van der Waals surface area contributed by atoms with Crippen LogP contribution in [0.15, 0.2) is 12.1 Å². The van der Waals surface area contributed by atoms with Gasteiger partial charge in [0.15, 0.2) is 0 Å². The molecule has 0 aliphatic rings. The Hall–Kier alpha value is -1.22. The SMILES string of the molecule is CNCCc1cc(O)c(C(C)(C)C)cc1OC. The highest BCUT2D eigenvalue weighted by Crippen LogP contribution is 2.36. The number of phenolic OH excluding ortho intramolecular Hbond substituents is 1. The topological polar surface area (TPSA) is 41.5 Å². The fraction of sp³-hybridized carbons (Fsp3) is 0.571. The van der Waals surface area contributed by atoms with Crippen LogP contribution in [0, 0.1) is 0 Å². The number of nitrogens with one attached hydrogen (secondary N) is 1. The number of likely N-dealkylation sites (N-methyl/N-ethyl adjacent to an activating group) is 1. The lowest BCUT2D eigenvalue weighted by molar-refractivity contribution is 0.400. The summed E-state index contributed by atoms with van der Waals surface area (Å²) in [7, 11) is 3.58. The zero-order valence-corrected chi connectivity index (χ0v) is 11.4. The summed E-state index contributed by atoms with van der Waals surface area (Å²) >= 11 is 0. The van der Waals surface area contributed by atoms with E-state index in [1.54, 1.807) is 7.11 Å². The number of ether oxygens (including phenoxy) is 1. The molecule has 0 atom stereocenters. The molecule has 0 amide bonds. The molecule has 0 spiro atoms. The number of methoxy groups -OCH3 is 1. The average molecular weight is 237 g/mol. The Morgan fingerprint density at radius 2 is 1.94 bits per heavy atom. The normalized spacial score (nSPS) is 11.6. The van der Waals surface area contributed by atoms with Gasteiger partial charge in [-0.05, 0) is 43.1 Å². The predicted octanol–water partition coefficient (Wildman–Crippen LogP) is 2.46. The van der Waals surface area contributed by atoms with Crippen molar-refractivity contribution in [1.29, 1.82) is 0 Å². The summed E-state index contributed by atoms with van der Waals surface area (Å²) in [6.45, 7) is 7.10. The lowest BCUT2D eigenvalue weighted by Gasteiger charge is -2.22. The molecule has 0 aliphatic heterocycles. The number of benzene rings is 1. The van der Waals surface area contributed by atoms with Crippen molar-refractivity contribution in [2.45, 2.75) is 32.6 Å². The molecule has 17 heavy (non-hydrogen) atoms. The molecular formula is C14H23NO2. The van der Waals surface area contributed by atoms with Crippen LogP contribution >= 0.6 is 0 Å². The summed E-state index contributed by atoms with van der Waals surface area (Å²) in [5.41, 5.74) is 1.87. The van der Waals surface area contributed by atoms with Crippen molar-refractivity contribution in [2.75, 3.05) is 20.7 Å². The zero-order chi connectivity index (χ0) is 13.1. The van der Waals surface area contributed by atoms with Gasteiger partial charge in [-0.15, -0.1) is 0 Å². The molecule has 0 aromatic heterocycles. The van der Waals surface area contributed by atoms with E-state index in [1.807, 2.05) is 19.2 Å². The van der Waals surface area contributed by atoms with E-state index >= 15 is 0 Å². The summed E-state index contributed by atoms with van der Waals surface area (Å²) in [6, 6.07) is 3.76. The molecule has 0 heterocycles. The fourth-order valence-electron chi connectivity index (χ4n) is 1.86. The summed E-state index contributed by atoms with van der Waals surface area (Å²) in [6.07, 6.45) is 0.845. The quantitative estimate of drug-likeness (QED) is 0.845. The monoisotopic (exact) mass is 237 g/mol. The molecule has 96 valence electrons. The van der Waals surface area contributed by atoms with Crippen molar-refractivity contribution in [3.63, 3.8) is 0 Å². The van der Waals surface area contributed by atoms with Gasteiger partial charge in [0.1, 0.15) is 11.5 Å². The molecule has 1 aromatic carbocycles. The van der Waals surface area contributed by atoms with E-state index in [1.165, 1.54) is 0 Å². The van der Waals surface area contributed by atoms with Crippen LogP contribution in [-0.2, 0) is 11.8 Å². The maximum atomic E-state index is 10.1. The van der Waals surface area contributed by atoms with Gasteiger partial charge in [-0.1, -0.05) is 20.8 Å². The van der Waals surface area contributed by atoms with Gasteiger partial charge in [-0.3, -0.25) is 0 Å². The zero-order valence-electron chi connectivity index (χ0n) is 11.4. The van der Waals surface area contributed by atoms with Crippen molar-refractivity contribution in [3.05, 3.63) is 23.3 Å². The lowest BCUT2D eigenvalue weighted by atomic mass is 9.85. The molecule has 0 unspecified atom stereocenters. The van der Waals surface area contributed by atoms with Crippen LogP contribution in [0.5, 0.6) is 11.5 Å². The highest BCUT2D eigenvalue weighted by atomic mass is 16.5. The van der Waals surface area contributed by atoms with E-state index in [2.05, 4.69) is 26.1 Å². The van der Waals surface area contributed by atoms with E-state index in [0.717, 1.165) is 29.8 Å². The third kappa shape index (κ3) is 3.37. The van der Waals surface area contributed by atoms with E-state index in [9.17, 15) is 5.11 Å². The Bertz CT molecular complexity index is 381. The molecule has 0 aliphatic carbocycles. The summed E-state index contributed by atoms with van der Waals surface area (Å²) in [4.78, 5) is 0. The van der Waals surface area contributed by atoms with E-state index < -0.39 is 0 Å². The van der Waals surface area contributed by atoms with Crippen LogP contribution in [0.4, 0.5) is 0 Å². The van der Waals surface area contributed by atoms with Gasteiger partial charge in [-0.25, -0.2) is 0 Å². The van der Waals surface area contributed by atoms with Gasteiger partial charge in [0.2, 0.25) is 0 Å². The third-order valence-corrected chi connectivity index (χ3v) is 2.85. The van der Waals surface area contributed by atoms with Crippen LogP contribution in [0.1, 0.15) is 31.9 Å². The smallest absolute Gasteiger partial charge is 0.122 e. The molecule has 2 N–H and O–H groups in total. The molecule has 3 nitrogen and oxygen atoms in total. The Balaban J connectivity index is 3.15. The number of hydrogen-bond acceptors (Lipinski definition) is 3. The van der Waals surface area contributed by atoms with Crippen LogP contribution < -0.4 is 10.1 Å². The minimum Gasteiger partial charge on any atom is -0.508 e. The first-order chi connectivity index (χ1) is 7.90. The first-order valence-electron chi connectivity index (χ1n) is 5.95. The number of rotatable bonds is 4. The van der Waals surface area contributed by atoms with Gasteiger partial charge in [0.25, 0.3) is 0 Å². The molecular weight excluding hydrogens is 214 g/mol. The van der Waals surface area contributed by atoms with E-state index in [4.69, 9.17) is 4.74 Å². The summed E-state index contributed by atoms with van der Waals surface area (Å²) in [5.74, 6) is 1.20. The highest BCUT2D eigenvalue weighted by Gasteiger charge is 2.20. The van der Waals surface area contributed by atoms with Gasteiger partial charge < -0.3 is 15.2 Å². The molecule has 0 radical (unpaired) electrons. The Morgan fingerprint density at radius 3 is 2.41 bits per heavy atom. The highest BCUT2D eigenvalue weighted by molar-refractivity contribution is 5.48. The standard InChI is InChI=1S/C14H23NO2/c1-14(2,3)11-9-13(17-5)10(6-7-15-4)8-12(11)16/h8-9,15-16H,6-7H2,1-5H3. The molecule has 1 aromatic rings. The first kappa shape index (κ1) is 13.8. The molecule has 3 heteroatoms. The van der Waals surface area contributed by atoms with Gasteiger partial charge in [0, 0.05) is 5.56 Å². The summed E-state index contributed by atoms with van der Waals surface area (Å²) in [5, 5.41) is 13.2. The largest absolute Gasteiger partial charge is 0.508 e. The average Bonchev–Trinajstić information content (AvgIpc) is 2.24. The van der Waals surface area contributed by atoms with Crippen molar-refractivity contribution in [2.24, 2.45) is 0 Å². The molecule has 0 fully saturated rings. The molecule has 1 rings (SSSR count). The number of hydrogen-bond donors (Lipinski definition) is 2. The molecule has 0 saturated heterocycles. The van der Waals surface area contributed by atoms with Crippen LogP contribution in [0.3, 0.4) is 0 Å². The number of aromatic hydroxyl groups is 1. The minimum absolute atomic E-state index is 0.0844. The second-order valence-corrected chi connectivity index (χ2v) is 5.28. The van der Waals surface area contributed by atoms with Crippen LogP contribution in [0.25, 0.3) is 0 Å². The van der Waals surface area contributed by atoms with Crippen molar-refractivity contribution >= 4 is 0 Å². The maximum Gasteiger partial charge on any atom is 0.122 e. The lowest BCUT2D eigenvalue weighted by Crippen LogP contribution is -2.14. The third-order valence-electron chi connectivity index (χ3n) is 2.85. The summed E-state index contributed by atoms with van der Waals surface area (Å²) < 4.78 is 5.39. The Labute approximate surface area is 104 Å². The minimum atomic E-state index is -0.0844. The van der Waals surface area contributed by atoms with E-state index in [0.29, 0.717) is 5.75 Å². The Kier molecular flexibility index (Phi) is 4.40. The van der Waals surface area contributed by atoms with Crippen molar-refractivity contribution in [1.82, 2.24) is 5.32 Å². The second-order valence-electron chi connectivity index (χ2n) is 5.28. The number of phenols is 1. The fourth-order valence-corrected chi connectivity index (χ4v) is 1.86. The van der Waals surface area contributed by atoms with Gasteiger partial charge >= 0.3 is 0 Å². The van der Waals surface area contributed by atoms with Crippen LogP contribution in [0.2, 0.25) is 0 Å². The van der Waals surface area contributed by atoms with Gasteiger partial charge in [-0.2, -0.15) is 0 Å².